The predicted octanol–water partition coefficient (Wildman–Crippen LogP) is 1.63. The quantitative estimate of drug-likeness (QED) is 0.864. The van der Waals surface area contributed by atoms with Crippen LogP contribution in [0, 0.1) is 17.6 Å². The topological polar surface area (TPSA) is 49.5 Å². The van der Waals surface area contributed by atoms with Crippen molar-refractivity contribution in [1.29, 1.82) is 0 Å². The van der Waals surface area contributed by atoms with Gasteiger partial charge in [-0.05, 0) is 24.8 Å². The van der Waals surface area contributed by atoms with E-state index in [9.17, 15) is 8.78 Å². The molecule has 1 fully saturated rings. The molecule has 0 spiro atoms. The molecule has 18 heavy (non-hydrogen) atoms. The van der Waals surface area contributed by atoms with Crippen molar-refractivity contribution in [1.82, 2.24) is 0 Å². The predicted molar refractivity (Wildman–Crippen MR) is 66.3 cm³/mol. The van der Waals surface area contributed by atoms with Crippen molar-refractivity contribution < 1.29 is 13.9 Å². The third-order valence-corrected chi connectivity index (χ3v) is 3.58. The summed E-state index contributed by atoms with van der Waals surface area (Å²) in [5.74, 6) is -1.39. The molecule has 0 amide bonds. The van der Waals surface area contributed by atoms with Crippen LogP contribution in [-0.4, -0.2) is 24.8 Å². The highest BCUT2D eigenvalue weighted by Gasteiger charge is 2.22. The van der Waals surface area contributed by atoms with E-state index in [1.807, 2.05) is 4.90 Å². The molecule has 1 aromatic rings. The molecule has 5 heteroatoms. The van der Waals surface area contributed by atoms with E-state index in [1.54, 1.807) is 6.07 Å². The molecule has 2 rings (SSSR count). The van der Waals surface area contributed by atoms with Gasteiger partial charge in [0.05, 0.1) is 5.69 Å². The Kier molecular flexibility index (Phi) is 4.14. The fourth-order valence-corrected chi connectivity index (χ4v) is 2.34. The Balaban J connectivity index is 2.17. The van der Waals surface area contributed by atoms with E-state index < -0.39 is 11.6 Å². The van der Waals surface area contributed by atoms with Gasteiger partial charge in [-0.2, -0.15) is 0 Å². The van der Waals surface area contributed by atoms with E-state index >= 15 is 0 Å². The first kappa shape index (κ1) is 13.2. The van der Waals surface area contributed by atoms with E-state index in [1.165, 1.54) is 6.07 Å². The van der Waals surface area contributed by atoms with E-state index in [0.29, 0.717) is 18.8 Å². The summed E-state index contributed by atoms with van der Waals surface area (Å²) >= 11 is 0. The van der Waals surface area contributed by atoms with Crippen molar-refractivity contribution in [2.24, 2.45) is 11.7 Å². The molecule has 1 aromatic carbocycles. The number of anilines is 1. The zero-order valence-electron chi connectivity index (χ0n) is 10.2. The average molecular weight is 256 g/mol. The summed E-state index contributed by atoms with van der Waals surface area (Å²) < 4.78 is 27.5. The van der Waals surface area contributed by atoms with Gasteiger partial charge in [-0.25, -0.2) is 8.78 Å². The molecule has 0 atom stereocenters. The van der Waals surface area contributed by atoms with Crippen LogP contribution in [0.15, 0.2) is 12.1 Å². The minimum Gasteiger partial charge on any atom is -0.396 e. The summed E-state index contributed by atoms with van der Waals surface area (Å²) in [5.41, 5.74) is 5.82. The van der Waals surface area contributed by atoms with Crippen LogP contribution in [0.1, 0.15) is 18.4 Å². The van der Waals surface area contributed by atoms with Crippen molar-refractivity contribution in [3.63, 3.8) is 0 Å². The monoisotopic (exact) mass is 256 g/mol. The molecule has 100 valence electrons. The first-order valence-corrected chi connectivity index (χ1v) is 6.20. The van der Waals surface area contributed by atoms with Crippen LogP contribution in [0.2, 0.25) is 0 Å². The Morgan fingerprint density at radius 2 is 1.89 bits per heavy atom. The minimum atomic E-state index is -0.848. The van der Waals surface area contributed by atoms with Crippen LogP contribution in [0.5, 0.6) is 0 Å². The SMILES string of the molecule is NCc1ccc(N2CCC(CO)CC2)c(F)c1F. The van der Waals surface area contributed by atoms with Gasteiger partial charge in [-0.15, -0.1) is 0 Å². The van der Waals surface area contributed by atoms with Crippen molar-refractivity contribution >= 4 is 5.69 Å². The highest BCUT2D eigenvalue weighted by molar-refractivity contribution is 5.50. The average Bonchev–Trinajstić information content (AvgIpc) is 2.42. The maximum absolute atomic E-state index is 13.9. The summed E-state index contributed by atoms with van der Waals surface area (Å²) in [6.45, 7) is 1.44. The van der Waals surface area contributed by atoms with Gasteiger partial charge in [0.2, 0.25) is 0 Å². The standard InChI is InChI=1S/C13H18F2N2O/c14-12-10(7-16)1-2-11(13(12)15)17-5-3-9(8-18)4-6-17/h1-2,9,18H,3-8,16H2. The number of aliphatic hydroxyl groups is 1. The molecule has 1 aliphatic rings. The van der Waals surface area contributed by atoms with Gasteiger partial charge in [0.25, 0.3) is 0 Å². The Labute approximate surface area is 105 Å². The third kappa shape index (κ3) is 2.47. The molecule has 0 aliphatic carbocycles. The fraction of sp³-hybridized carbons (Fsp3) is 0.538. The van der Waals surface area contributed by atoms with E-state index in [-0.39, 0.29) is 24.6 Å². The smallest absolute Gasteiger partial charge is 0.182 e. The lowest BCUT2D eigenvalue weighted by atomic mass is 9.97. The molecule has 0 radical (unpaired) electrons. The van der Waals surface area contributed by atoms with E-state index in [0.717, 1.165) is 12.8 Å². The van der Waals surface area contributed by atoms with Gasteiger partial charge >= 0.3 is 0 Å². The Morgan fingerprint density at radius 3 is 2.44 bits per heavy atom. The van der Waals surface area contributed by atoms with Crippen molar-refractivity contribution in [2.45, 2.75) is 19.4 Å². The number of hydrogen-bond donors (Lipinski definition) is 2. The minimum absolute atomic E-state index is 0.00435. The number of hydrogen-bond acceptors (Lipinski definition) is 3. The second kappa shape index (κ2) is 5.63. The zero-order chi connectivity index (χ0) is 13.1. The Morgan fingerprint density at radius 1 is 1.22 bits per heavy atom. The number of aliphatic hydroxyl groups excluding tert-OH is 1. The van der Waals surface area contributed by atoms with Crippen LogP contribution >= 0.6 is 0 Å². The molecular formula is C13H18F2N2O. The molecule has 1 aliphatic heterocycles. The lowest BCUT2D eigenvalue weighted by molar-refractivity contribution is 0.202. The van der Waals surface area contributed by atoms with Gasteiger partial charge in [0, 0.05) is 31.8 Å². The van der Waals surface area contributed by atoms with Crippen LogP contribution in [0.25, 0.3) is 0 Å². The molecular weight excluding hydrogens is 238 g/mol. The molecule has 0 aromatic heterocycles. The highest BCUT2D eigenvalue weighted by atomic mass is 19.2. The Bertz CT molecular complexity index is 418. The third-order valence-electron chi connectivity index (χ3n) is 3.58. The number of halogens is 2. The van der Waals surface area contributed by atoms with Crippen molar-refractivity contribution in [3.8, 4) is 0 Å². The van der Waals surface area contributed by atoms with Gasteiger partial charge in [0.15, 0.2) is 11.6 Å². The molecule has 3 nitrogen and oxygen atoms in total. The summed E-state index contributed by atoms with van der Waals surface area (Å²) in [6.07, 6.45) is 1.60. The van der Waals surface area contributed by atoms with Crippen molar-refractivity contribution in [3.05, 3.63) is 29.3 Å². The summed E-state index contributed by atoms with van der Waals surface area (Å²) in [7, 11) is 0. The number of nitrogens with two attached hydrogens (primary N) is 1. The Hall–Kier alpha value is -1.20. The molecule has 0 saturated carbocycles. The first-order valence-electron chi connectivity index (χ1n) is 6.20. The summed E-state index contributed by atoms with van der Waals surface area (Å²) in [4.78, 5) is 1.82. The van der Waals surface area contributed by atoms with Crippen molar-refractivity contribution in [2.75, 3.05) is 24.6 Å². The second-order valence-corrected chi connectivity index (χ2v) is 4.69. The highest BCUT2D eigenvalue weighted by Crippen LogP contribution is 2.28. The lowest BCUT2D eigenvalue weighted by Crippen LogP contribution is -2.35. The summed E-state index contributed by atoms with van der Waals surface area (Å²) in [5, 5.41) is 9.05. The van der Waals surface area contributed by atoms with Gasteiger partial charge in [-0.3, -0.25) is 0 Å². The van der Waals surface area contributed by atoms with Crippen LogP contribution < -0.4 is 10.6 Å². The zero-order valence-corrected chi connectivity index (χ0v) is 10.2. The molecule has 0 bridgehead atoms. The molecule has 1 saturated heterocycles. The van der Waals surface area contributed by atoms with Crippen LogP contribution in [-0.2, 0) is 6.54 Å². The van der Waals surface area contributed by atoms with Gasteiger partial charge in [-0.1, -0.05) is 6.07 Å². The van der Waals surface area contributed by atoms with Crippen LogP contribution in [0.3, 0.4) is 0 Å². The normalized spacial score (nSPS) is 17.2. The molecule has 1 heterocycles. The largest absolute Gasteiger partial charge is 0.396 e. The number of nitrogens with zero attached hydrogens (tertiary/aromatic N) is 1. The van der Waals surface area contributed by atoms with Gasteiger partial charge < -0.3 is 15.7 Å². The maximum Gasteiger partial charge on any atom is 0.182 e. The fourth-order valence-electron chi connectivity index (χ4n) is 2.34. The first-order chi connectivity index (χ1) is 8.67. The lowest BCUT2D eigenvalue weighted by Gasteiger charge is -2.33. The summed E-state index contributed by atoms with van der Waals surface area (Å²) in [6, 6.07) is 3.12. The maximum atomic E-state index is 13.9. The van der Waals surface area contributed by atoms with Gasteiger partial charge in [0.1, 0.15) is 0 Å². The molecule has 3 N–H and O–H groups in total. The number of benzene rings is 1. The van der Waals surface area contributed by atoms with E-state index in [2.05, 4.69) is 0 Å². The number of piperidine rings is 1. The van der Waals surface area contributed by atoms with Crippen LogP contribution in [0.4, 0.5) is 14.5 Å². The molecule has 0 unspecified atom stereocenters. The number of rotatable bonds is 3. The van der Waals surface area contributed by atoms with E-state index in [4.69, 9.17) is 10.8 Å². The second-order valence-electron chi connectivity index (χ2n) is 4.69.